The summed E-state index contributed by atoms with van der Waals surface area (Å²) in [6.45, 7) is 1.93. The van der Waals surface area contributed by atoms with Crippen molar-refractivity contribution in [2.75, 3.05) is 24.3 Å². The van der Waals surface area contributed by atoms with Gasteiger partial charge in [0, 0.05) is 31.4 Å². The molecule has 7 heteroatoms. The van der Waals surface area contributed by atoms with E-state index in [9.17, 15) is 9.18 Å². The van der Waals surface area contributed by atoms with E-state index in [2.05, 4.69) is 10.6 Å². The van der Waals surface area contributed by atoms with E-state index in [0.29, 0.717) is 5.95 Å². The minimum Gasteiger partial charge on any atom is -0.362 e. The van der Waals surface area contributed by atoms with Crippen molar-refractivity contribution < 1.29 is 9.18 Å². The monoisotopic (exact) mass is 435 g/mol. The second-order valence-corrected chi connectivity index (χ2v) is 8.76. The zero-order valence-electron chi connectivity index (χ0n) is 18.8. The van der Waals surface area contributed by atoms with Crippen LogP contribution in [0.25, 0.3) is 10.9 Å². The van der Waals surface area contributed by atoms with Crippen molar-refractivity contribution >= 4 is 28.6 Å². The fourth-order valence-electron chi connectivity index (χ4n) is 4.31. The summed E-state index contributed by atoms with van der Waals surface area (Å²) in [7, 11) is 3.96. The first kappa shape index (κ1) is 22.0. The third kappa shape index (κ3) is 4.98. The summed E-state index contributed by atoms with van der Waals surface area (Å²) in [4.78, 5) is 24.2. The molecule has 0 spiro atoms. The Morgan fingerprint density at radius 3 is 2.41 bits per heavy atom. The number of amides is 1. The number of anilines is 2. The Labute approximate surface area is 188 Å². The normalized spacial score (nSPS) is 19.4. The number of rotatable bonds is 6. The van der Waals surface area contributed by atoms with Crippen LogP contribution >= 0.6 is 0 Å². The smallest absolute Gasteiger partial charge is 0.225 e. The van der Waals surface area contributed by atoms with Crippen LogP contribution in [0.15, 0.2) is 48.5 Å². The second-order valence-electron chi connectivity index (χ2n) is 8.76. The molecule has 2 aromatic carbocycles. The van der Waals surface area contributed by atoms with Crippen LogP contribution in [0.1, 0.15) is 44.2 Å². The van der Waals surface area contributed by atoms with Crippen LogP contribution < -0.4 is 15.5 Å². The summed E-state index contributed by atoms with van der Waals surface area (Å²) in [5.74, 6) is 1.31. The lowest BCUT2D eigenvalue weighted by molar-refractivity contribution is -0.126. The molecule has 0 radical (unpaired) electrons. The highest BCUT2D eigenvalue weighted by atomic mass is 19.1. The highest BCUT2D eigenvalue weighted by Crippen LogP contribution is 2.29. The minimum absolute atomic E-state index is 0.00851. The maximum absolute atomic E-state index is 13.1. The largest absolute Gasteiger partial charge is 0.362 e. The van der Waals surface area contributed by atoms with E-state index >= 15 is 0 Å². The highest BCUT2D eigenvalue weighted by Gasteiger charge is 2.27. The molecule has 1 aliphatic rings. The predicted molar refractivity (Wildman–Crippen MR) is 126 cm³/mol. The van der Waals surface area contributed by atoms with E-state index in [-0.39, 0.29) is 29.7 Å². The fourth-order valence-corrected chi connectivity index (χ4v) is 4.31. The summed E-state index contributed by atoms with van der Waals surface area (Å²) in [5, 5.41) is 7.59. The number of fused-ring (bicyclic) bond motifs is 1. The lowest BCUT2D eigenvalue weighted by atomic mass is 9.85. The molecule has 1 amide bonds. The predicted octanol–water partition coefficient (Wildman–Crippen LogP) is 4.68. The molecule has 1 atom stereocenters. The van der Waals surface area contributed by atoms with Gasteiger partial charge in [0.15, 0.2) is 0 Å². The number of para-hydroxylation sites is 1. The SMILES string of the molecule is CC(NC(=O)C1CCC(Nc2nc(N(C)C)c3ccccc3n2)CC1)c1ccc(F)cc1. The number of carbonyl (C=O) groups excluding carboxylic acids is 1. The van der Waals surface area contributed by atoms with Crippen molar-refractivity contribution in [2.45, 2.75) is 44.7 Å². The molecule has 0 saturated heterocycles. The van der Waals surface area contributed by atoms with Crippen LogP contribution in [0.2, 0.25) is 0 Å². The number of hydrogen-bond donors (Lipinski definition) is 2. The summed E-state index contributed by atoms with van der Waals surface area (Å²) < 4.78 is 13.1. The second kappa shape index (κ2) is 9.51. The third-order valence-electron chi connectivity index (χ3n) is 6.17. The van der Waals surface area contributed by atoms with Crippen LogP contribution in [0.5, 0.6) is 0 Å². The van der Waals surface area contributed by atoms with Crippen LogP contribution in [-0.4, -0.2) is 36.0 Å². The molecule has 1 saturated carbocycles. The molecule has 3 aromatic rings. The van der Waals surface area contributed by atoms with Crippen molar-refractivity contribution in [3.63, 3.8) is 0 Å². The third-order valence-corrected chi connectivity index (χ3v) is 6.17. The minimum atomic E-state index is -0.272. The summed E-state index contributed by atoms with van der Waals surface area (Å²) in [5.41, 5.74) is 1.82. The first-order chi connectivity index (χ1) is 15.4. The van der Waals surface area contributed by atoms with Gasteiger partial charge in [-0.15, -0.1) is 0 Å². The van der Waals surface area contributed by atoms with Gasteiger partial charge in [0.25, 0.3) is 0 Å². The van der Waals surface area contributed by atoms with Crippen molar-refractivity contribution in [2.24, 2.45) is 5.92 Å². The van der Waals surface area contributed by atoms with E-state index in [1.807, 2.05) is 50.2 Å². The number of hydrogen-bond acceptors (Lipinski definition) is 5. The molecule has 6 nitrogen and oxygen atoms in total. The first-order valence-corrected chi connectivity index (χ1v) is 11.2. The van der Waals surface area contributed by atoms with Gasteiger partial charge in [-0.05, 0) is 62.4 Å². The van der Waals surface area contributed by atoms with E-state index in [1.54, 1.807) is 12.1 Å². The molecule has 1 heterocycles. The molecule has 4 rings (SSSR count). The van der Waals surface area contributed by atoms with Crippen LogP contribution in [0.4, 0.5) is 16.2 Å². The average Bonchev–Trinajstić information content (AvgIpc) is 2.79. The van der Waals surface area contributed by atoms with Gasteiger partial charge in [0.2, 0.25) is 11.9 Å². The molecule has 0 bridgehead atoms. The molecular weight excluding hydrogens is 405 g/mol. The molecule has 1 aromatic heterocycles. The number of nitrogens with zero attached hydrogens (tertiary/aromatic N) is 3. The van der Waals surface area contributed by atoms with Gasteiger partial charge in [-0.2, -0.15) is 4.98 Å². The molecule has 32 heavy (non-hydrogen) atoms. The van der Waals surface area contributed by atoms with Gasteiger partial charge in [-0.3, -0.25) is 4.79 Å². The van der Waals surface area contributed by atoms with Crippen molar-refractivity contribution in [1.29, 1.82) is 0 Å². The Balaban J connectivity index is 1.35. The van der Waals surface area contributed by atoms with E-state index < -0.39 is 0 Å². The zero-order valence-corrected chi connectivity index (χ0v) is 18.8. The van der Waals surface area contributed by atoms with Crippen LogP contribution in [-0.2, 0) is 4.79 Å². The molecule has 1 fully saturated rings. The Hall–Kier alpha value is -3.22. The zero-order chi connectivity index (χ0) is 22.7. The maximum Gasteiger partial charge on any atom is 0.225 e. The number of halogens is 1. The molecule has 168 valence electrons. The molecular formula is C25H30FN5O. The maximum atomic E-state index is 13.1. The number of carbonyl (C=O) groups is 1. The van der Waals surface area contributed by atoms with E-state index in [0.717, 1.165) is 48.0 Å². The van der Waals surface area contributed by atoms with Gasteiger partial charge in [-0.1, -0.05) is 24.3 Å². The van der Waals surface area contributed by atoms with E-state index in [1.165, 1.54) is 12.1 Å². The topological polar surface area (TPSA) is 70.2 Å². The van der Waals surface area contributed by atoms with Gasteiger partial charge in [-0.25, -0.2) is 9.37 Å². The molecule has 0 aliphatic heterocycles. The quantitative estimate of drug-likeness (QED) is 0.588. The summed E-state index contributed by atoms with van der Waals surface area (Å²) >= 11 is 0. The molecule has 1 aliphatic carbocycles. The van der Waals surface area contributed by atoms with Crippen molar-refractivity contribution in [3.05, 3.63) is 59.9 Å². The van der Waals surface area contributed by atoms with Gasteiger partial charge < -0.3 is 15.5 Å². The van der Waals surface area contributed by atoms with Gasteiger partial charge in [0.05, 0.1) is 11.6 Å². The average molecular weight is 436 g/mol. The standard InChI is InChI=1S/C25H30FN5O/c1-16(17-8-12-19(26)13-9-17)27-24(32)18-10-14-20(15-11-18)28-25-29-22-7-5-4-6-21(22)23(30-25)31(2)3/h4-9,12-13,16,18,20H,10-11,14-15H2,1-3H3,(H,27,32)(H,28,29,30). The Bertz CT molecular complexity index is 1080. The number of benzene rings is 2. The lowest BCUT2D eigenvalue weighted by Gasteiger charge is -2.29. The first-order valence-electron chi connectivity index (χ1n) is 11.2. The summed E-state index contributed by atoms with van der Waals surface area (Å²) in [6, 6.07) is 14.4. The molecule has 1 unspecified atom stereocenters. The number of aromatic nitrogens is 2. The van der Waals surface area contributed by atoms with Gasteiger partial charge >= 0.3 is 0 Å². The Morgan fingerprint density at radius 1 is 1.03 bits per heavy atom. The Kier molecular flexibility index (Phi) is 6.53. The number of nitrogens with one attached hydrogen (secondary N) is 2. The van der Waals surface area contributed by atoms with Crippen molar-refractivity contribution in [3.8, 4) is 0 Å². The summed E-state index contributed by atoms with van der Waals surface area (Å²) in [6.07, 6.45) is 3.40. The molecule has 2 N–H and O–H groups in total. The highest BCUT2D eigenvalue weighted by molar-refractivity contribution is 5.90. The van der Waals surface area contributed by atoms with E-state index in [4.69, 9.17) is 9.97 Å². The van der Waals surface area contributed by atoms with Crippen LogP contribution in [0, 0.1) is 11.7 Å². The fraction of sp³-hybridized carbons (Fsp3) is 0.400. The van der Waals surface area contributed by atoms with Crippen molar-refractivity contribution in [1.82, 2.24) is 15.3 Å². The Morgan fingerprint density at radius 2 is 1.72 bits per heavy atom. The van der Waals surface area contributed by atoms with Gasteiger partial charge in [0.1, 0.15) is 11.6 Å². The lowest BCUT2D eigenvalue weighted by Crippen LogP contribution is -2.37. The van der Waals surface area contributed by atoms with Crippen LogP contribution in [0.3, 0.4) is 0 Å².